The number of carbonyl (C=O) groups is 2. The quantitative estimate of drug-likeness (QED) is 0.867. The highest BCUT2D eigenvalue weighted by Crippen LogP contribution is 2.41. The normalized spacial score (nSPS) is 24.2. The molecule has 23 heavy (non-hydrogen) atoms. The minimum Gasteiger partial charge on any atom is -0.321 e. The number of rotatable bonds is 2. The van der Waals surface area contributed by atoms with Crippen molar-refractivity contribution in [3.8, 4) is 5.69 Å². The Morgan fingerprint density at radius 3 is 2.57 bits per heavy atom. The molecule has 1 fully saturated rings. The molecule has 0 spiro atoms. The molecule has 0 radical (unpaired) electrons. The lowest BCUT2D eigenvalue weighted by atomic mass is 9.75. The van der Waals surface area contributed by atoms with Crippen LogP contribution in [0.4, 0.5) is 0 Å². The highest BCUT2D eigenvalue weighted by molar-refractivity contribution is 5.99. The first-order valence-corrected chi connectivity index (χ1v) is 8.33. The Bertz CT molecular complexity index is 748. The summed E-state index contributed by atoms with van der Waals surface area (Å²) in [6.07, 6.45) is 6.41. The molecule has 1 aromatic carbocycles. The zero-order valence-corrected chi connectivity index (χ0v) is 13.0. The van der Waals surface area contributed by atoms with Crippen molar-refractivity contribution in [3.05, 3.63) is 53.9 Å². The molecule has 2 aromatic rings. The first-order valence-electron chi connectivity index (χ1n) is 8.33. The van der Waals surface area contributed by atoms with Crippen LogP contribution in [0.1, 0.15) is 42.9 Å². The summed E-state index contributed by atoms with van der Waals surface area (Å²) in [5.41, 5.74) is 3.77. The summed E-state index contributed by atoms with van der Waals surface area (Å²) in [4.78, 5) is 23.7. The van der Waals surface area contributed by atoms with Crippen LogP contribution in [0.5, 0.6) is 0 Å². The van der Waals surface area contributed by atoms with Gasteiger partial charge in [0.15, 0.2) is 0 Å². The molecule has 2 atom stereocenters. The van der Waals surface area contributed by atoms with Crippen LogP contribution >= 0.6 is 0 Å². The van der Waals surface area contributed by atoms with Gasteiger partial charge in [-0.2, -0.15) is 0 Å². The van der Waals surface area contributed by atoms with Gasteiger partial charge in [-0.1, -0.05) is 18.2 Å². The smallest absolute Gasteiger partial charge is 0.230 e. The second-order valence-electron chi connectivity index (χ2n) is 6.48. The van der Waals surface area contributed by atoms with E-state index < -0.39 is 0 Å². The van der Waals surface area contributed by atoms with E-state index in [0.29, 0.717) is 12.8 Å². The van der Waals surface area contributed by atoms with Gasteiger partial charge in [-0.15, -0.1) is 0 Å². The van der Waals surface area contributed by atoms with Crippen molar-refractivity contribution >= 4 is 11.8 Å². The van der Waals surface area contributed by atoms with Crippen LogP contribution in [0, 0.1) is 5.92 Å². The molecular formula is C19H20N2O2. The van der Waals surface area contributed by atoms with Crippen molar-refractivity contribution in [1.82, 2.24) is 9.88 Å². The molecule has 4 rings (SSSR count). The van der Waals surface area contributed by atoms with Crippen LogP contribution in [0.15, 0.2) is 42.6 Å². The zero-order chi connectivity index (χ0) is 15.8. The maximum atomic E-state index is 12.3. The molecule has 1 aromatic heterocycles. The van der Waals surface area contributed by atoms with E-state index in [1.165, 1.54) is 11.3 Å². The molecule has 2 aliphatic rings. The molecule has 1 N–H and O–H groups in total. The first-order chi connectivity index (χ1) is 11.2. The zero-order valence-electron chi connectivity index (χ0n) is 13.0. The van der Waals surface area contributed by atoms with Gasteiger partial charge in [0.1, 0.15) is 0 Å². The highest BCUT2D eigenvalue weighted by Gasteiger charge is 2.37. The van der Waals surface area contributed by atoms with Gasteiger partial charge < -0.3 is 4.57 Å². The van der Waals surface area contributed by atoms with Gasteiger partial charge in [0.25, 0.3) is 0 Å². The fourth-order valence-electron chi connectivity index (χ4n) is 4.07. The van der Waals surface area contributed by atoms with E-state index in [0.717, 1.165) is 24.9 Å². The lowest BCUT2D eigenvalue weighted by Gasteiger charge is -2.32. The summed E-state index contributed by atoms with van der Waals surface area (Å²) in [6.45, 7) is 0. The van der Waals surface area contributed by atoms with E-state index in [-0.39, 0.29) is 23.7 Å². The van der Waals surface area contributed by atoms with Crippen LogP contribution in [0.2, 0.25) is 0 Å². The Labute approximate surface area is 135 Å². The summed E-state index contributed by atoms with van der Waals surface area (Å²) < 4.78 is 2.24. The number of aromatic nitrogens is 1. The molecule has 2 heterocycles. The standard InChI is InChI=1S/C19H20N2O2/c22-18-10-9-16(19(23)20-18)14-7-4-8-17-15(14)11-12-21(17)13-5-2-1-3-6-13/h1-3,5-6,11-12,14,16H,4,7-10H2,(H,20,22,23). The molecule has 1 aliphatic carbocycles. The second-order valence-corrected chi connectivity index (χ2v) is 6.48. The Morgan fingerprint density at radius 2 is 1.78 bits per heavy atom. The molecule has 2 unspecified atom stereocenters. The number of hydrogen-bond acceptors (Lipinski definition) is 2. The van der Waals surface area contributed by atoms with E-state index >= 15 is 0 Å². The van der Waals surface area contributed by atoms with Gasteiger partial charge in [0, 0.05) is 29.9 Å². The van der Waals surface area contributed by atoms with Crippen molar-refractivity contribution in [3.63, 3.8) is 0 Å². The summed E-state index contributed by atoms with van der Waals surface area (Å²) in [7, 11) is 0. The predicted molar refractivity (Wildman–Crippen MR) is 87.3 cm³/mol. The van der Waals surface area contributed by atoms with Gasteiger partial charge in [0.2, 0.25) is 11.8 Å². The molecule has 1 aliphatic heterocycles. The molecule has 0 saturated carbocycles. The topological polar surface area (TPSA) is 51.1 Å². The minimum atomic E-state index is -0.135. The molecule has 1 saturated heterocycles. The van der Waals surface area contributed by atoms with Crippen molar-refractivity contribution in [2.45, 2.75) is 38.0 Å². The van der Waals surface area contributed by atoms with Gasteiger partial charge in [-0.3, -0.25) is 14.9 Å². The third kappa shape index (κ3) is 2.48. The van der Waals surface area contributed by atoms with Crippen LogP contribution in [-0.4, -0.2) is 16.4 Å². The fraction of sp³-hybridized carbons (Fsp3) is 0.368. The lowest BCUT2D eigenvalue weighted by Crippen LogP contribution is -2.43. The molecule has 118 valence electrons. The van der Waals surface area contributed by atoms with Gasteiger partial charge >= 0.3 is 0 Å². The van der Waals surface area contributed by atoms with Gasteiger partial charge in [-0.05, 0) is 55.4 Å². The maximum absolute atomic E-state index is 12.3. The average Bonchev–Trinajstić information content (AvgIpc) is 3.00. The highest BCUT2D eigenvalue weighted by atomic mass is 16.2. The summed E-state index contributed by atoms with van der Waals surface area (Å²) in [5.74, 6) is -0.0640. The summed E-state index contributed by atoms with van der Waals surface area (Å²) in [5, 5.41) is 2.51. The Balaban J connectivity index is 1.69. The van der Waals surface area contributed by atoms with Crippen LogP contribution < -0.4 is 5.32 Å². The Kier molecular flexibility index (Phi) is 3.52. The molecule has 0 bridgehead atoms. The lowest BCUT2D eigenvalue weighted by molar-refractivity contribution is -0.137. The van der Waals surface area contributed by atoms with Crippen LogP contribution in [0.3, 0.4) is 0 Å². The number of imide groups is 1. The maximum Gasteiger partial charge on any atom is 0.230 e. The van der Waals surface area contributed by atoms with Crippen molar-refractivity contribution in [1.29, 1.82) is 0 Å². The van der Waals surface area contributed by atoms with Gasteiger partial charge in [0.05, 0.1) is 0 Å². The second kappa shape index (κ2) is 5.69. The number of para-hydroxylation sites is 1. The minimum absolute atomic E-state index is 0.0710. The molecule has 4 nitrogen and oxygen atoms in total. The summed E-state index contributed by atoms with van der Waals surface area (Å²) in [6, 6.07) is 12.5. The SMILES string of the molecule is O=C1CCC(C2CCCc3c2ccn3-c2ccccc2)C(=O)N1. The number of nitrogens with zero attached hydrogens (tertiary/aromatic N) is 1. The number of piperidine rings is 1. The molecule has 2 amide bonds. The number of benzene rings is 1. The van der Waals surface area contributed by atoms with E-state index in [4.69, 9.17) is 0 Å². The van der Waals surface area contributed by atoms with Crippen LogP contribution in [0.25, 0.3) is 5.69 Å². The predicted octanol–water partition coefficient (Wildman–Crippen LogP) is 2.95. The van der Waals surface area contributed by atoms with Gasteiger partial charge in [-0.25, -0.2) is 0 Å². The number of fused-ring (bicyclic) bond motifs is 1. The first kappa shape index (κ1) is 14.2. The Hall–Kier alpha value is -2.36. The third-order valence-corrected chi connectivity index (χ3v) is 5.16. The van der Waals surface area contributed by atoms with E-state index in [1.54, 1.807) is 0 Å². The largest absolute Gasteiger partial charge is 0.321 e. The third-order valence-electron chi connectivity index (χ3n) is 5.16. The van der Waals surface area contributed by atoms with Crippen molar-refractivity contribution in [2.75, 3.05) is 0 Å². The van der Waals surface area contributed by atoms with E-state index in [1.807, 2.05) is 18.2 Å². The average molecular weight is 308 g/mol. The number of hydrogen-bond donors (Lipinski definition) is 1. The van der Waals surface area contributed by atoms with Crippen molar-refractivity contribution < 1.29 is 9.59 Å². The number of amides is 2. The fourth-order valence-corrected chi connectivity index (χ4v) is 4.07. The molecular weight excluding hydrogens is 288 g/mol. The van der Waals surface area contributed by atoms with Crippen LogP contribution in [-0.2, 0) is 16.0 Å². The monoisotopic (exact) mass is 308 g/mol. The molecule has 4 heteroatoms. The number of carbonyl (C=O) groups excluding carboxylic acids is 2. The van der Waals surface area contributed by atoms with E-state index in [2.05, 4.69) is 34.3 Å². The van der Waals surface area contributed by atoms with E-state index in [9.17, 15) is 9.59 Å². The van der Waals surface area contributed by atoms with Crippen molar-refractivity contribution in [2.24, 2.45) is 5.92 Å². The summed E-state index contributed by atoms with van der Waals surface area (Å²) >= 11 is 0. The number of nitrogens with one attached hydrogen (secondary N) is 1. The Morgan fingerprint density at radius 1 is 0.957 bits per heavy atom.